The smallest absolute Gasteiger partial charge is 0.0322 e. The van der Waals surface area contributed by atoms with Crippen molar-refractivity contribution >= 4 is 18.3 Å². The lowest BCUT2D eigenvalue weighted by Crippen LogP contribution is -2.06. The van der Waals surface area contributed by atoms with Crippen LogP contribution in [0.4, 0.5) is 5.69 Å². The van der Waals surface area contributed by atoms with E-state index in [4.69, 9.17) is 5.73 Å². The van der Waals surface area contributed by atoms with E-state index in [2.05, 4.69) is 26.5 Å². The van der Waals surface area contributed by atoms with E-state index in [1.54, 1.807) is 0 Å². The van der Waals surface area contributed by atoms with Crippen LogP contribution in [0, 0.1) is 0 Å². The third kappa shape index (κ3) is 2.15. The normalized spacial score (nSPS) is 11.5. The Balaban J connectivity index is 2.99. The second kappa shape index (κ2) is 2.78. The zero-order chi connectivity index (χ0) is 8.48. The molecule has 0 heterocycles. The molecule has 60 valence electrons. The van der Waals surface area contributed by atoms with Crippen LogP contribution in [-0.2, 0) is 4.75 Å². The van der Waals surface area contributed by atoms with Gasteiger partial charge in [0.2, 0.25) is 0 Å². The number of nitrogens with two attached hydrogens (primary N) is 1. The monoisotopic (exact) mass is 167 g/mol. The minimum Gasteiger partial charge on any atom is -0.399 e. The maximum Gasteiger partial charge on any atom is 0.0322 e. The van der Waals surface area contributed by atoms with Gasteiger partial charge in [0, 0.05) is 10.4 Å². The molecule has 0 fully saturated rings. The minimum absolute atomic E-state index is 0.0757. The van der Waals surface area contributed by atoms with E-state index in [1.165, 1.54) is 5.56 Å². The molecular weight excluding hydrogens is 154 g/mol. The topological polar surface area (TPSA) is 26.0 Å². The number of hydrogen-bond acceptors (Lipinski definition) is 2. The Morgan fingerprint density at radius 1 is 1.18 bits per heavy atom. The van der Waals surface area contributed by atoms with E-state index >= 15 is 0 Å². The molecule has 0 bridgehead atoms. The quantitative estimate of drug-likeness (QED) is 0.487. The fraction of sp³-hybridized carbons (Fsp3) is 0.333. The van der Waals surface area contributed by atoms with Crippen LogP contribution in [-0.4, -0.2) is 0 Å². The molecule has 0 spiro atoms. The maximum atomic E-state index is 5.55. The van der Waals surface area contributed by atoms with Gasteiger partial charge in [-0.1, -0.05) is 12.1 Å². The van der Waals surface area contributed by atoms with Gasteiger partial charge in [0.15, 0.2) is 0 Å². The van der Waals surface area contributed by atoms with Crippen LogP contribution < -0.4 is 5.73 Å². The number of anilines is 1. The van der Waals surface area contributed by atoms with Gasteiger partial charge >= 0.3 is 0 Å². The van der Waals surface area contributed by atoms with Crippen molar-refractivity contribution in [2.24, 2.45) is 0 Å². The van der Waals surface area contributed by atoms with Crippen molar-refractivity contribution in [3.05, 3.63) is 29.8 Å². The zero-order valence-electron chi connectivity index (χ0n) is 6.83. The van der Waals surface area contributed by atoms with Crippen molar-refractivity contribution in [1.82, 2.24) is 0 Å². The molecule has 1 aromatic carbocycles. The van der Waals surface area contributed by atoms with Crippen molar-refractivity contribution < 1.29 is 0 Å². The average Bonchev–Trinajstić information content (AvgIpc) is 1.86. The standard InChI is InChI=1S/C9H13NS/c1-9(2,11)7-3-5-8(10)6-4-7/h3-6,11H,10H2,1-2H3. The van der Waals surface area contributed by atoms with Gasteiger partial charge in [-0.3, -0.25) is 0 Å². The molecule has 0 unspecified atom stereocenters. The first-order valence-corrected chi connectivity index (χ1v) is 4.03. The highest BCUT2D eigenvalue weighted by Gasteiger charge is 2.13. The van der Waals surface area contributed by atoms with Crippen molar-refractivity contribution in [2.45, 2.75) is 18.6 Å². The second-order valence-electron chi connectivity index (χ2n) is 3.18. The molecule has 1 nitrogen and oxygen atoms in total. The molecule has 2 N–H and O–H groups in total. The first kappa shape index (κ1) is 8.47. The van der Waals surface area contributed by atoms with Crippen molar-refractivity contribution in [2.75, 3.05) is 5.73 Å². The summed E-state index contributed by atoms with van der Waals surface area (Å²) in [6.45, 7) is 4.11. The van der Waals surface area contributed by atoms with Gasteiger partial charge in [-0.25, -0.2) is 0 Å². The van der Waals surface area contributed by atoms with Gasteiger partial charge in [0.25, 0.3) is 0 Å². The summed E-state index contributed by atoms with van der Waals surface area (Å²) >= 11 is 4.44. The van der Waals surface area contributed by atoms with E-state index < -0.39 is 0 Å². The van der Waals surface area contributed by atoms with E-state index in [9.17, 15) is 0 Å². The summed E-state index contributed by atoms with van der Waals surface area (Å²) in [5.74, 6) is 0. The summed E-state index contributed by atoms with van der Waals surface area (Å²) in [5.41, 5.74) is 7.53. The Kier molecular flexibility index (Phi) is 2.14. The van der Waals surface area contributed by atoms with Crippen LogP contribution in [0.3, 0.4) is 0 Å². The van der Waals surface area contributed by atoms with Crippen LogP contribution in [0.15, 0.2) is 24.3 Å². The lowest BCUT2D eigenvalue weighted by Gasteiger charge is -2.17. The molecule has 11 heavy (non-hydrogen) atoms. The molecule has 0 aliphatic heterocycles. The first-order chi connectivity index (χ1) is 5.00. The zero-order valence-corrected chi connectivity index (χ0v) is 7.73. The predicted octanol–water partition coefficient (Wildman–Crippen LogP) is 2.43. The van der Waals surface area contributed by atoms with Crippen LogP contribution in [0.2, 0.25) is 0 Å². The van der Waals surface area contributed by atoms with Crippen LogP contribution in [0.5, 0.6) is 0 Å². The maximum absolute atomic E-state index is 5.55. The van der Waals surface area contributed by atoms with Gasteiger partial charge in [-0.05, 0) is 31.5 Å². The Morgan fingerprint density at radius 3 is 2.00 bits per heavy atom. The Morgan fingerprint density at radius 2 is 1.64 bits per heavy atom. The molecule has 0 aliphatic carbocycles. The number of hydrogen-bond donors (Lipinski definition) is 2. The molecular formula is C9H13NS. The van der Waals surface area contributed by atoms with Gasteiger partial charge < -0.3 is 5.73 Å². The summed E-state index contributed by atoms with van der Waals surface area (Å²) in [4.78, 5) is 0. The Labute approximate surface area is 73.0 Å². The Hall–Kier alpha value is -0.630. The molecule has 1 aromatic rings. The molecule has 0 radical (unpaired) electrons. The number of rotatable bonds is 1. The van der Waals surface area contributed by atoms with E-state index in [0.717, 1.165) is 5.69 Å². The molecule has 0 saturated carbocycles. The fourth-order valence-corrected chi connectivity index (χ4v) is 1.04. The molecule has 0 aromatic heterocycles. The average molecular weight is 167 g/mol. The lowest BCUT2D eigenvalue weighted by molar-refractivity contribution is 0.791. The van der Waals surface area contributed by atoms with Gasteiger partial charge in [-0.2, -0.15) is 12.6 Å². The van der Waals surface area contributed by atoms with E-state index in [0.29, 0.717) is 0 Å². The molecule has 0 amide bonds. The SMILES string of the molecule is CC(C)(S)c1ccc(N)cc1. The highest BCUT2D eigenvalue weighted by Crippen LogP contribution is 2.27. The molecule has 0 atom stereocenters. The number of nitrogen functional groups attached to an aromatic ring is 1. The van der Waals surface area contributed by atoms with Crippen LogP contribution in [0.25, 0.3) is 0 Å². The molecule has 2 heteroatoms. The second-order valence-corrected chi connectivity index (χ2v) is 4.30. The number of thiol groups is 1. The fourth-order valence-electron chi connectivity index (χ4n) is 0.891. The van der Waals surface area contributed by atoms with E-state index in [1.807, 2.05) is 24.3 Å². The molecule has 0 aliphatic rings. The minimum atomic E-state index is -0.0757. The highest BCUT2D eigenvalue weighted by molar-refractivity contribution is 7.81. The van der Waals surface area contributed by atoms with Gasteiger partial charge in [-0.15, -0.1) is 0 Å². The Bertz CT molecular complexity index is 233. The summed E-state index contributed by atoms with van der Waals surface area (Å²) in [7, 11) is 0. The number of benzene rings is 1. The molecule has 0 saturated heterocycles. The van der Waals surface area contributed by atoms with Crippen LogP contribution in [0.1, 0.15) is 19.4 Å². The third-order valence-electron chi connectivity index (χ3n) is 1.62. The van der Waals surface area contributed by atoms with E-state index in [-0.39, 0.29) is 4.75 Å². The van der Waals surface area contributed by atoms with Crippen molar-refractivity contribution in [1.29, 1.82) is 0 Å². The first-order valence-electron chi connectivity index (χ1n) is 3.58. The van der Waals surface area contributed by atoms with Gasteiger partial charge in [0.05, 0.1) is 0 Å². The predicted molar refractivity (Wildman–Crippen MR) is 52.9 cm³/mol. The summed E-state index contributed by atoms with van der Waals surface area (Å²) in [6.07, 6.45) is 0. The summed E-state index contributed by atoms with van der Waals surface area (Å²) < 4.78 is -0.0757. The van der Waals surface area contributed by atoms with Crippen molar-refractivity contribution in [3.8, 4) is 0 Å². The largest absolute Gasteiger partial charge is 0.399 e. The molecule has 1 rings (SSSR count). The lowest BCUT2D eigenvalue weighted by atomic mass is 10.0. The van der Waals surface area contributed by atoms with Gasteiger partial charge in [0.1, 0.15) is 0 Å². The van der Waals surface area contributed by atoms with Crippen LogP contribution >= 0.6 is 12.6 Å². The third-order valence-corrected chi connectivity index (χ3v) is 1.88. The highest BCUT2D eigenvalue weighted by atomic mass is 32.1. The van der Waals surface area contributed by atoms with Crippen molar-refractivity contribution in [3.63, 3.8) is 0 Å². The summed E-state index contributed by atoms with van der Waals surface area (Å²) in [5, 5.41) is 0. The summed E-state index contributed by atoms with van der Waals surface area (Å²) in [6, 6.07) is 7.80.